The molecular weight excluding hydrogens is 74.1 g/mol. The normalized spacial score (nSPS) is 41.7. The summed E-state index contributed by atoms with van der Waals surface area (Å²) in [5, 5.41) is 3.13. The second-order valence-electron chi connectivity index (χ2n) is 1.87. The van der Waals surface area contributed by atoms with Crippen molar-refractivity contribution in [3.63, 3.8) is 0 Å². The maximum atomic E-state index is 3.13. The smallest absolute Gasteiger partial charge is 0.192 e. The fourth-order valence-electron chi connectivity index (χ4n) is 0.622. The van der Waals surface area contributed by atoms with Gasteiger partial charge in [0.15, 0.2) is 12.0 Å². The van der Waals surface area contributed by atoms with E-state index in [1.165, 1.54) is 0 Å². The van der Waals surface area contributed by atoms with E-state index in [1.807, 2.05) is 7.05 Å². The number of hydrogen-bond donors (Lipinski definition) is 1. The first-order chi connectivity index (χ1) is 2.84. The van der Waals surface area contributed by atoms with E-state index in [1.54, 1.807) is 0 Å². The number of hydrogen-bond acceptors (Lipinski definition) is 1. The Bertz CT molecular complexity index is 49.9. The molecule has 6 heavy (non-hydrogen) atoms. The summed E-state index contributed by atoms with van der Waals surface area (Å²) in [5.74, 6) is 0.829. The lowest BCUT2D eigenvalue weighted by atomic mass is 10.5. The topological polar surface area (TPSA) is 12.0 Å². The summed E-state index contributed by atoms with van der Waals surface area (Å²) in [6.45, 7) is 2.21. The second-order valence-corrected chi connectivity index (χ2v) is 1.87. The molecule has 0 aliphatic heterocycles. The fraction of sp³-hybridized carbons (Fsp3) is 0.800. The van der Waals surface area contributed by atoms with Crippen LogP contribution in [0, 0.1) is 12.3 Å². The van der Waals surface area contributed by atoms with Gasteiger partial charge in [0.25, 0.3) is 0 Å². The molecule has 1 nitrogen and oxygen atoms in total. The molecule has 34 valence electrons. The van der Waals surface area contributed by atoms with Gasteiger partial charge in [-0.05, 0) is 14.0 Å². The molecule has 1 N–H and O–H groups in total. The highest BCUT2D eigenvalue weighted by Crippen LogP contribution is 2.26. The summed E-state index contributed by atoms with van der Waals surface area (Å²) in [6, 6.07) is 0.727. The van der Waals surface area contributed by atoms with E-state index in [-0.39, 0.29) is 0 Å². The standard InChI is InChI=1S/C5H10N/c1-4-3-5(4)6-2/h3-6H,1-2H3/q+1/t4-,5?/m0/s1. The van der Waals surface area contributed by atoms with Crippen molar-refractivity contribution in [2.75, 3.05) is 7.05 Å². The van der Waals surface area contributed by atoms with Gasteiger partial charge in [0.2, 0.25) is 0 Å². The van der Waals surface area contributed by atoms with E-state index in [0.717, 1.165) is 12.0 Å². The highest BCUT2D eigenvalue weighted by Gasteiger charge is 2.45. The van der Waals surface area contributed by atoms with Crippen LogP contribution in [0.3, 0.4) is 0 Å². The van der Waals surface area contributed by atoms with Gasteiger partial charge in [-0.3, -0.25) is 5.32 Å². The first-order valence-electron chi connectivity index (χ1n) is 2.37. The summed E-state index contributed by atoms with van der Waals surface area (Å²) < 4.78 is 0. The van der Waals surface area contributed by atoms with E-state index in [0.29, 0.717) is 0 Å². The van der Waals surface area contributed by atoms with Crippen molar-refractivity contribution in [1.82, 2.24) is 5.32 Å². The van der Waals surface area contributed by atoms with Crippen LogP contribution < -0.4 is 5.32 Å². The Labute approximate surface area is 38.7 Å². The molecule has 2 atom stereocenters. The van der Waals surface area contributed by atoms with Crippen LogP contribution in [0.5, 0.6) is 0 Å². The molecule has 0 amide bonds. The molecule has 1 heteroatoms. The molecule has 1 rings (SSSR count). The van der Waals surface area contributed by atoms with E-state index in [4.69, 9.17) is 0 Å². The first kappa shape index (κ1) is 4.00. The second kappa shape index (κ2) is 1.16. The molecule has 0 radical (unpaired) electrons. The van der Waals surface area contributed by atoms with E-state index in [9.17, 15) is 0 Å². The van der Waals surface area contributed by atoms with Crippen molar-refractivity contribution < 1.29 is 0 Å². The van der Waals surface area contributed by atoms with Gasteiger partial charge in [0.05, 0.1) is 0 Å². The zero-order valence-electron chi connectivity index (χ0n) is 4.23. The molecule has 0 saturated heterocycles. The van der Waals surface area contributed by atoms with Crippen LogP contribution in [0.2, 0.25) is 0 Å². The van der Waals surface area contributed by atoms with Crippen molar-refractivity contribution >= 4 is 0 Å². The van der Waals surface area contributed by atoms with Gasteiger partial charge in [-0.1, -0.05) is 0 Å². The molecule has 1 saturated carbocycles. The third kappa shape index (κ3) is 0.500. The van der Waals surface area contributed by atoms with Crippen molar-refractivity contribution in [2.24, 2.45) is 5.92 Å². The van der Waals surface area contributed by atoms with Crippen molar-refractivity contribution in [3.8, 4) is 0 Å². The SMILES string of the molecule is CNC1[CH+][C@@H]1C. The van der Waals surface area contributed by atoms with Gasteiger partial charge in [-0.2, -0.15) is 0 Å². The lowest BCUT2D eigenvalue weighted by Gasteiger charge is -1.74. The summed E-state index contributed by atoms with van der Waals surface area (Å²) in [7, 11) is 1.99. The minimum absolute atomic E-state index is 0.727. The van der Waals surface area contributed by atoms with Crippen molar-refractivity contribution in [1.29, 1.82) is 0 Å². The predicted octanol–water partition coefficient (Wildman–Crippen LogP) is 0.428. The maximum Gasteiger partial charge on any atom is 0.192 e. The van der Waals surface area contributed by atoms with Crippen molar-refractivity contribution in [3.05, 3.63) is 6.42 Å². The number of nitrogens with one attached hydrogen (secondary N) is 1. The van der Waals surface area contributed by atoms with Gasteiger partial charge < -0.3 is 0 Å². The largest absolute Gasteiger partial charge is 0.276 e. The molecular formula is C5H10N+. The molecule has 0 bridgehead atoms. The van der Waals surface area contributed by atoms with Gasteiger partial charge in [-0.25, -0.2) is 0 Å². The molecule has 0 spiro atoms. The Hall–Kier alpha value is -0.170. The van der Waals surface area contributed by atoms with Gasteiger partial charge in [0.1, 0.15) is 6.42 Å². The Morgan fingerprint density at radius 2 is 2.17 bits per heavy atom. The minimum Gasteiger partial charge on any atom is -0.276 e. The van der Waals surface area contributed by atoms with Gasteiger partial charge >= 0.3 is 0 Å². The Morgan fingerprint density at radius 3 is 2.17 bits per heavy atom. The van der Waals surface area contributed by atoms with Crippen LogP contribution in [-0.2, 0) is 0 Å². The lowest BCUT2D eigenvalue weighted by molar-refractivity contribution is 0.749. The Balaban J connectivity index is 2.09. The summed E-state index contributed by atoms with van der Waals surface area (Å²) in [4.78, 5) is 0. The lowest BCUT2D eigenvalue weighted by Crippen LogP contribution is -2.09. The van der Waals surface area contributed by atoms with Crippen LogP contribution in [0.25, 0.3) is 0 Å². The van der Waals surface area contributed by atoms with Crippen LogP contribution in [0.15, 0.2) is 0 Å². The number of rotatable bonds is 1. The summed E-state index contributed by atoms with van der Waals surface area (Å²) >= 11 is 0. The molecule has 0 aromatic rings. The maximum absolute atomic E-state index is 3.13. The zero-order valence-corrected chi connectivity index (χ0v) is 4.23. The molecule has 1 aliphatic carbocycles. The zero-order chi connectivity index (χ0) is 4.57. The van der Waals surface area contributed by atoms with E-state index >= 15 is 0 Å². The average Bonchev–Trinajstić information content (AvgIpc) is 2.19. The molecule has 0 heterocycles. The Morgan fingerprint density at radius 1 is 1.67 bits per heavy atom. The Kier molecular flexibility index (Phi) is 0.771. The third-order valence-corrected chi connectivity index (χ3v) is 1.27. The van der Waals surface area contributed by atoms with E-state index < -0.39 is 0 Å². The molecule has 1 unspecified atom stereocenters. The minimum atomic E-state index is 0.727. The highest BCUT2D eigenvalue weighted by atomic mass is 14.9. The predicted molar refractivity (Wildman–Crippen MR) is 26.3 cm³/mol. The first-order valence-corrected chi connectivity index (χ1v) is 2.37. The monoisotopic (exact) mass is 84.1 g/mol. The van der Waals surface area contributed by atoms with Crippen LogP contribution in [0.4, 0.5) is 0 Å². The molecule has 1 fully saturated rings. The average molecular weight is 84.1 g/mol. The fourth-order valence-corrected chi connectivity index (χ4v) is 0.622. The highest BCUT2D eigenvalue weighted by molar-refractivity contribution is 5.08. The van der Waals surface area contributed by atoms with E-state index in [2.05, 4.69) is 18.7 Å². The molecule has 0 aromatic carbocycles. The van der Waals surface area contributed by atoms with Crippen molar-refractivity contribution in [2.45, 2.75) is 13.0 Å². The van der Waals surface area contributed by atoms with Gasteiger partial charge in [0, 0.05) is 0 Å². The molecule has 1 aliphatic rings. The molecule has 0 aromatic heterocycles. The summed E-state index contributed by atoms with van der Waals surface area (Å²) in [5.41, 5.74) is 0. The van der Waals surface area contributed by atoms with Gasteiger partial charge in [-0.15, -0.1) is 0 Å². The van der Waals surface area contributed by atoms with Crippen LogP contribution in [-0.4, -0.2) is 13.1 Å². The van der Waals surface area contributed by atoms with Crippen LogP contribution in [0.1, 0.15) is 6.92 Å². The quantitative estimate of drug-likeness (QED) is 0.454. The third-order valence-electron chi connectivity index (χ3n) is 1.27. The summed E-state index contributed by atoms with van der Waals surface area (Å²) in [6.07, 6.45) is 2.28. The van der Waals surface area contributed by atoms with Crippen LogP contribution >= 0.6 is 0 Å².